The first kappa shape index (κ1) is 16.4. The molecule has 5 aliphatic carbocycles. The van der Waals surface area contributed by atoms with Gasteiger partial charge in [-0.05, 0) is 79.1 Å². The number of piperidine rings is 1. The van der Waals surface area contributed by atoms with Gasteiger partial charge in [-0.1, -0.05) is 19.9 Å². The minimum atomic E-state index is -0.304. The van der Waals surface area contributed by atoms with Crippen LogP contribution in [-0.4, -0.2) is 35.1 Å². The van der Waals surface area contributed by atoms with Crippen LogP contribution in [0.5, 0.6) is 0 Å². The molecule has 7 atom stereocenters. The molecule has 25 heavy (non-hydrogen) atoms. The van der Waals surface area contributed by atoms with Crippen molar-refractivity contribution in [2.45, 2.75) is 71.3 Å². The van der Waals surface area contributed by atoms with Crippen molar-refractivity contribution in [3.63, 3.8) is 0 Å². The lowest BCUT2D eigenvalue weighted by atomic mass is 9.35. The van der Waals surface area contributed by atoms with Gasteiger partial charge < -0.3 is 10.0 Å². The molecule has 1 N–H and O–H groups in total. The number of likely N-dealkylation sites (tertiary alicyclic amines) is 1. The van der Waals surface area contributed by atoms with Crippen LogP contribution in [0.2, 0.25) is 0 Å². The average Bonchev–Trinajstić information content (AvgIpc) is 2.57. The van der Waals surface area contributed by atoms with E-state index in [1.165, 1.54) is 51.4 Å². The molecule has 1 amide bonds. The zero-order valence-corrected chi connectivity index (χ0v) is 15.9. The van der Waals surface area contributed by atoms with Crippen LogP contribution >= 0.6 is 0 Å². The fraction of sp³-hybridized carbons (Fsp3) is 0.864. The van der Waals surface area contributed by atoms with Crippen LogP contribution in [0.25, 0.3) is 0 Å². The van der Waals surface area contributed by atoms with Crippen LogP contribution in [0.1, 0.15) is 65.2 Å². The molecule has 0 aromatic rings. The Kier molecular flexibility index (Phi) is 3.21. The molecule has 1 heterocycles. The van der Waals surface area contributed by atoms with Crippen molar-refractivity contribution in [2.75, 3.05) is 13.1 Å². The maximum Gasteiger partial charge on any atom is 0.219 e. The zero-order chi connectivity index (χ0) is 17.6. The number of carbonyl (C=O) groups is 1. The fourth-order valence-electron chi connectivity index (χ4n) is 8.64. The Labute approximate surface area is 151 Å². The number of fused-ring (bicyclic) bond motifs is 2. The largest absolute Gasteiger partial charge is 0.388 e. The number of aliphatic hydroxyl groups is 1. The lowest BCUT2D eigenvalue weighted by molar-refractivity contribution is -0.238. The van der Waals surface area contributed by atoms with Crippen molar-refractivity contribution in [3.8, 4) is 0 Å². The minimum Gasteiger partial charge on any atom is -0.388 e. The second-order valence-electron chi connectivity index (χ2n) is 10.4. The number of aliphatic hydroxyl groups excluding tert-OH is 1. The van der Waals surface area contributed by atoms with E-state index in [1.54, 1.807) is 6.92 Å². The molecule has 1 aliphatic heterocycles. The van der Waals surface area contributed by atoms with E-state index >= 15 is 0 Å². The first-order chi connectivity index (χ1) is 11.8. The Bertz CT molecular complexity index is 644. The smallest absolute Gasteiger partial charge is 0.219 e. The molecule has 0 unspecified atom stereocenters. The summed E-state index contributed by atoms with van der Waals surface area (Å²) in [6.07, 6.45) is 9.55. The van der Waals surface area contributed by atoms with E-state index < -0.39 is 0 Å². The van der Waals surface area contributed by atoms with E-state index in [4.69, 9.17) is 0 Å². The van der Waals surface area contributed by atoms with Crippen molar-refractivity contribution in [3.05, 3.63) is 12.2 Å². The molecule has 0 radical (unpaired) electrons. The highest BCUT2D eigenvalue weighted by Gasteiger charge is 2.69. The first-order valence-electron chi connectivity index (χ1n) is 10.4. The first-order valence-corrected chi connectivity index (χ1v) is 10.4. The van der Waals surface area contributed by atoms with Crippen LogP contribution in [0.3, 0.4) is 0 Å². The molecule has 6 rings (SSSR count). The predicted octanol–water partition coefficient (Wildman–Crippen LogP) is 3.77. The molecule has 3 heteroatoms. The monoisotopic (exact) mass is 343 g/mol. The van der Waals surface area contributed by atoms with E-state index in [9.17, 15) is 9.90 Å². The van der Waals surface area contributed by atoms with Crippen LogP contribution in [0, 0.1) is 34.0 Å². The van der Waals surface area contributed by atoms with Crippen LogP contribution in [0.15, 0.2) is 12.2 Å². The Hall–Kier alpha value is -0.830. The molecule has 3 nitrogen and oxygen atoms in total. The lowest BCUT2D eigenvalue weighted by Gasteiger charge is -2.72. The van der Waals surface area contributed by atoms with Gasteiger partial charge in [0.2, 0.25) is 5.91 Å². The highest BCUT2D eigenvalue weighted by atomic mass is 16.3. The van der Waals surface area contributed by atoms with Crippen molar-refractivity contribution in [1.29, 1.82) is 0 Å². The highest BCUT2D eigenvalue weighted by Crippen LogP contribution is 2.73. The standard InChI is InChI=1S/C22H33NO2/c1-14-16-5-9-21(19(14)25)10-6-17-20(3)7-4-8-22(17,18(21)11-16)13-23(12-20)15(2)24/h16-19,25H,1,4-13H2,2-3H3/t16-,17-,18+,19+,20-,21-,22+/m1/s1. The molecule has 1 spiro atoms. The Balaban J connectivity index is 1.63. The van der Waals surface area contributed by atoms with Crippen LogP contribution in [-0.2, 0) is 4.79 Å². The minimum absolute atomic E-state index is 0.0559. The topological polar surface area (TPSA) is 40.5 Å². The van der Waals surface area contributed by atoms with Gasteiger partial charge in [0.15, 0.2) is 0 Å². The number of hydrogen-bond donors (Lipinski definition) is 1. The number of nitrogens with zero attached hydrogens (tertiary/aromatic N) is 1. The van der Waals surface area contributed by atoms with Crippen molar-refractivity contribution in [2.24, 2.45) is 34.0 Å². The number of hydrogen-bond acceptors (Lipinski definition) is 2. The molecular weight excluding hydrogens is 310 g/mol. The van der Waals surface area contributed by atoms with Gasteiger partial charge in [0, 0.05) is 25.4 Å². The summed E-state index contributed by atoms with van der Waals surface area (Å²) < 4.78 is 0. The predicted molar refractivity (Wildman–Crippen MR) is 97.8 cm³/mol. The summed E-state index contributed by atoms with van der Waals surface area (Å²) in [5.41, 5.74) is 1.70. The third kappa shape index (κ3) is 1.84. The number of rotatable bonds is 0. The van der Waals surface area contributed by atoms with E-state index in [0.717, 1.165) is 24.6 Å². The second-order valence-corrected chi connectivity index (χ2v) is 10.4. The van der Waals surface area contributed by atoms with Gasteiger partial charge in [0.05, 0.1) is 6.10 Å². The van der Waals surface area contributed by atoms with Gasteiger partial charge >= 0.3 is 0 Å². The molecule has 6 aliphatic rings. The number of amides is 1. The van der Waals surface area contributed by atoms with E-state index in [2.05, 4.69) is 18.4 Å². The van der Waals surface area contributed by atoms with E-state index in [0.29, 0.717) is 11.8 Å². The molecule has 6 fully saturated rings. The van der Waals surface area contributed by atoms with Gasteiger partial charge in [-0.25, -0.2) is 0 Å². The maximum absolute atomic E-state index is 12.3. The Morgan fingerprint density at radius 3 is 2.64 bits per heavy atom. The summed E-state index contributed by atoms with van der Waals surface area (Å²) in [5.74, 6) is 2.08. The molecule has 0 aromatic carbocycles. The maximum atomic E-state index is 12.3. The molecular formula is C22H33NO2. The third-order valence-electron chi connectivity index (χ3n) is 9.59. The zero-order valence-electron chi connectivity index (χ0n) is 15.9. The molecule has 5 saturated carbocycles. The van der Waals surface area contributed by atoms with Gasteiger partial charge in [0.1, 0.15) is 0 Å². The van der Waals surface area contributed by atoms with Crippen molar-refractivity contribution < 1.29 is 9.90 Å². The summed E-state index contributed by atoms with van der Waals surface area (Å²) in [4.78, 5) is 14.5. The quantitative estimate of drug-likeness (QED) is 0.680. The summed E-state index contributed by atoms with van der Waals surface area (Å²) >= 11 is 0. The molecule has 0 aromatic heterocycles. The lowest BCUT2D eigenvalue weighted by Crippen LogP contribution is -2.71. The van der Waals surface area contributed by atoms with E-state index in [1.807, 2.05) is 0 Å². The van der Waals surface area contributed by atoms with Gasteiger partial charge in [-0.3, -0.25) is 4.79 Å². The summed E-state index contributed by atoms with van der Waals surface area (Å²) in [5, 5.41) is 11.2. The Morgan fingerprint density at radius 2 is 1.88 bits per heavy atom. The number of carbonyl (C=O) groups excluding carboxylic acids is 1. The third-order valence-corrected chi connectivity index (χ3v) is 9.59. The molecule has 138 valence electrons. The normalized spacial score (nSPS) is 54.0. The highest BCUT2D eigenvalue weighted by molar-refractivity contribution is 5.73. The van der Waals surface area contributed by atoms with Gasteiger partial charge in [-0.15, -0.1) is 0 Å². The van der Waals surface area contributed by atoms with E-state index in [-0.39, 0.29) is 28.3 Å². The van der Waals surface area contributed by atoms with Gasteiger partial charge in [0.25, 0.3) is 0 Å². The van der Waals surface area contributed by atoms with Crippen LogP contribution in [0.4, 0.5) is 0 Å². The Morgan fingerprint density at radius 1 is 1.12 bits per heavy atom. The fourth-order valence-corrected chi connectivity index (χ4v) is 8.64. The van der Waals surface area contributed by atoms with Gasteiger partial charge in [-0.2, -0.15) is 0 Å². The second kappa shape index (κ2) is 4.91. The summed E-state index contributed by atoms with van der Waals surface area (Å²) in [6, 6.07) is 0. The van der Waals surface area contributed by atoms with Crippen LogP contribution < -0.4 is 0 Å². The summed E-state index contributed by atoms with van der Waals surface area (Å²) in [7, 11) is 0. The van der Waals surface area contributed by atoms with Crippen molar-refractivity contribution in [1.82, 2.24) is 4.90 Å². The molecule has 1 saturated heterocycles. The van der Waals surface area contributed by atoms with Crippen molar-refractivity contribution >= 4 is 5.91 Å². The SMILES string of the molecule is C=C1[C@@H]2CC[C@]3(CC[C@@H]4[C@]5(C)CCC[C@@]4(CN(C(C)=O)C5)[C@H]3C2)[C@H]1O. The molecule has 4 bridgehead atoms. The average molecular weight is 344 g/mol. The summed E-state index contributed by atoms with van der Waals surface area (Å²) in [6.45, 7) is 10.4.